The molecule has 1 aliphatic rings. The highest BCUT2D eigenvalue weighted by atomic mass is 15.1. The van der Waals surface area contributed by atoms with Crippen molar-refractivity contribution in [2.75, 3.05) is 18.5 Å². The lowest BCUT2D eigenvalue weighted by atomic mass is 10.1. The molecule has 0 radical (unpaired) electrons. The molecule has 1 aromatic rings. The summed E-state index contributed by atoms with van der Waals surface area (Å²) < 4.78 is 0. The molecule has 0 amide bonds. The second kappa shape index (κ2) is 6.79. The van der Waals surface area contributed by atoms with E-state index in [1.54, 1.807) is 0 Å². The topological polar surface area (TPSA) is 29.3 Å². The first-order valence-electron chi connectivity index (χ1n) is 7.33. The molecule has 2 nitrogen and oxygen atoms in total. The van der Waals surface area contributed by atoms with Gasteiger partial charge in [0, 0.05) is 18.8 Å². The van der Waals surface area contributed by atoms with E-state index in [2.05, 4.69) is 36.2 Å². The lowest BCUT2D eigenvalue weighted by Gasteiger charge is -2.29. The maximum absolute atomic E-state index is 5.58. The van der Waals surface area contributed by atoms with Crippen LogP contribution in [0.25, 0.3) is 0 Å². The molecule has 0 spiro atoms. The maximum atomic E-state index is 5.58. The van der Waals surface area contributed by atoms with Crippen molar-refractivity contribution in [2.24, 2.45) is 5.73 Å². The standard InChI is InChI=1S/C16H26N2/c1-18(15-6-4-2-3-5-7-15)16-10-8-14(9-11-16)12-13-17/h8-11,15H,2-7,12-13,17H2,1H3. The van der Waals surface area contributed by atoms with Crippen molar-refractivity contribution in [3.8, 4) is 0 Å². The number of rotatable bonds is 4. The summed E-state index contributed by atoms with van der Waals surface area (Å²) in [6.45, 7) is 0.734. The first kappa shape index (κ1) is 13.4. The van der Waals surface area contributed by atoms with E-state index < -0.39 is 0 Å². The molecule has 0 atom stereocenters. The molecule has 2 rings (SSSR count). The van der Waals surface area contributed by atoms with Gasteiger partial charge in [0.25, 0.3) is 0 Å². The third kappa shape index (κ3) is 3.49. The lowest BCUT2D eigenvalue weighted by Crippen LogP contribution is -2.30. The van der Waals surface area contributed by atoms with E-state index in [0.717, 1.165) is 19.0 Å². The average molecular weight is 246 g/mol. The van der Waals surface area contributed by atoms with E-state index in [1.165, 1.54) is 49.8 Å². The van der Waals surface area contributed by atoms with Crippen LogP contribution in [0.5, 0.6) is 0 Å². The van der Waals surface area contributed by atoms with E-state index in [1.807, 2.05) is 0 Å². The van der Waals surface area contributed by atoms with Crippen molar-refractivity contribution in [1.82, 2.24) is 0 Å². The van der Waals surface area contributed by atoms with Crippen LogP contribution < -0.4 is 10.6 Å². The van der Waals surface area contributed by atoms with E-state index in [0.29, 0.717) is 0 Å². The van der Waals surface area contributed by atoms with Crippen LogP contribution in [-0.4, -0.2) is 19.6 Å². The van der Waals surface area contributed by atoms with E-state index in [-0.39, 0.29) is 0 Å². The van der Waals surface area contributed by atoms with E-state index in [4.69, 9.17) is 5.73 Å². The van der Waals surface area contributed by atoms with Gasteiger partial charge in [-0.25, -0.2) is 0 Å². The Bertz CT molecular complexity index is 337. The van der Waals surface area contributed by atoms with Crippen molar-refractivity contribution >= 4 is 5.69 Å². The fourth-order valence-electron chi connectivity index (χ4n) is 2.92. The largest absolute Gasteiger partial charge is 0.372 e. The second-order valence-electron chi connectivity index (χ2n) is 5.46. The molecule has 2 heteroatoms. The van der Waals surface area contributed by atoms with Crippen LogP contribution in [0.4, 0.5) is 5.69 Å². The van der Waals surface area contributed by atoms with Gasteiger partial charge in [0.05, 0.1) is 0 Å². The molecule has 1 aromatic carbocycles. The summed E-state index contributed by atoms with van der Waals surface area (Å²) in [5.41, 5.74) is 8.28. The molecule has 100 valence electrons. The van der Waals surface area contributed by atoms with Crippen molar-refractivity contribution < 1.29 is 0 Å². The summed E-state index contributed by atoms with van der Waals surface area (Å²) in [5.74, 6) is 0. The highest BCUT2D eigenvalue weighted by Crippen LogP contribution is 2.25. The molecular formula is C16H26N2. The third-order valence-corrected chi connectivity index (χ3v) is 4.15. The zero-order valence-electron chi connectivity index (χ0n) is 11.6. The molecule has 1 aliphatic carbocycles. The molecule has 0 saturated heterocycles. The van der Waals surface area contributed by atoms with Crippen molar-refractivity contribution in [1.29, 1.82) is 0 Å². The first-order valence-corrected chi connectivity index (χ1v) is 7.33. The second-order valence-corrected chi connectivity index (χ2v) is 5.46. The van der Waals surface area contributed by atoms with Gasteiger partial charge in [-0.15, -0.1) is 0 Å². The molecule has 0 aromatic heterocycles. The number of hydrogen-bond donors (Lipinski definition) is 1. The highest BCUT2D eigenvalue weighted by molar-refractivity contribution is 5.47. The molecule has 0 bridgehead atoms. The first-order chi connectivity index (χ1) is 8.81. The van der Waals surface area contributed by atoms with Crippen LogP contribution in [0.15, 0.2) is 24.3 Å². The zero-order valence-corrected chi connectivity index (χ0v) is 11.6. The molecule has 2 N–H and O–H groups in total. The predicted molar refractivity (Wildman–Crippen MR) is 79.1 cm³/mol. The van der Waals surface area contributed by atoms with Crippen LogP contribution in [-0.2, 0) is 6.42 Å². The SMILES string of the molecule is CN(c1ccc(CCN)cc1)C1CCCCCC1. The number of anilines is 1. The minimum atomic E-state index is 0.729. The van der Waals surface area contributed by atoms with Gasteiger partial charge >= 0.3 is 0 Å². The quantitative estimate of drug-likeness (QED) is 0.826. The summed E-state index contributed by atoms with van der Waals surface area (Å²) in [5, 5.41) is 0. The Labute approximate surface area is 111 Å². The van der Waals surface area contributed by atoms with E-state index in [9.17, 15) is 0 Å². The summed E-state index contributed by atoms with van der Waals surface area (Å²) in [4.78, 5) is 2.47. The molecule has 0 unspecified atom stereocenters. The van der Waals surface area contributed by atoms with Gasteiger partial charge in [0.2, 0.25) is 0 Å². The summed E-state index contributed by atoms with van der Waals surface area (Å²) in [6, 6.07) is 9.66. The van der Waals surface area contributed by atoms with Crippen molar-refractivity contribution in [3.63, 3.8) is 0 Å². The Morgan fingerprint density at radius 1 is 1.06 bits per heavy atom. The van der Waals surface area contributed by atoms with Crippen LogP contribution in [0, 0.1) is 0 Å². The van der Waals surface area contributed by atoms with Crippen molar-refractivity contribution in [3.05, 3.63) is 29.8 Å². The fourth-order valence-corrected chi connectivity index (χ4v) is 2.92. The molecule has 1 fully saturated rings. The molecule has 1 saturated carbocycles. The summed E-state index contributed by atoms with van der Waals surface area (Å²) >= 11 is 0. The van der Waals surface area contributed by atoms with Crippen LogP contribution in [0.2, 0.25) is 0 Å². The monoisotopic (exact) mass is 246 g/mol. The normalized spacial score (nSPS) is 17.4. The lowest BCUT2D eigenvalue weighted by molar-refractivity contribution is 0.553. The molecule has 0 heterocycles. The molecular weight excluding hydrogens is 220 g/mol. The van der Waals surface area contributed by atoms with Crippen molar-refractivity contribution in [2.45, 2.75) is 51.0 Å². The fraction of sp³-hybridized carbons (Fsp3) is 0.625. The third-order valence-electron chi connectivity index (χ3n) is 4.15. The van der Waals surface area contributed by atoms with Gasteiger partial charge in [-0.2, -0.15) is 0 Å². The van der Waals surface area contributed by atoms with E-state index >= 15 is 0 Å². The molecule has 18 heavy (non-hydrogen) atoms. The number of nitrogens with zero attached hydrogens (tertiary/aromatic N) is 1. The average Bonchev–Trinajstić information content (AvgIpc) is 2.68. The minimum Gasteiger partial charge on any atom is -0.372 e. The maximum Gasteiger partial charge on any atom is 0.0366 e. The summed E-state index contributed by atoms with van der Waals surface area (Å²) in [7, 11) is 2.24. The van der Waals surface area contributed by atoms with Gasteiger partial charge in [0.1, 0.15) is 0 Å². The zero-order chi connectivity index (χ0) is 12.8. The number of nitrogens with two attached hydrogens (primary N) is 1. The smallest absolute Gasteiger partial charge is 0.0366 e. The van der Waals surface area contributed by atoms with Crippen LogP contribution in [0.1, 0.15) is 44.1 Å². The Kier molecular flexibility index (Phi) is 5.06. The van der Waals surface area contributed by atoms with Gasteiger partial charge < -0.3 is 10.6 Å². The Morgan fingerprint density at radius 2 is 1.67 bits per heavy atom. The van der Waals surface area contributed by atoms with Gasteiger partial charge in [-0.1, -0.05) is 37.8 Å². The Balaban J connectivity index is 2.00. The van der Waals surface area contributed by atoms with Crippen LogP contribution in [0.3, 0.4) is 0 Å². The number of benzene rings is 1. The minimum absolute atomic E-state index is 0.729. The molecule has 0 aliphatic heterocycles. The summed E-state index contributed by atoms with van der Waals surface area (Å²) in [6.07, 6.45) is 9.29. The van der Waals surface area contributed by atoms with Gasteiger partial charge in [0.15, 0.2) is 0 Å². The Morgan fingerprint density at radius 3 is 2.22 bits per heavy atom. The predicted octanol–water partition coefficient (Wildman–Crippen LogP) is 3.35. The Hall–Kier alpha value is -1.02. The van der Waals surface area contributed by atoms with Gasteiger partial charge in [-0.05, 0) is 43.5 Å². The van der Waals surface area contributed by atoms with Crippen LogP contribution >= 0.6 is 0 Å². The number of hydrogen-bond acceptors (Lipinski definition) is 2. The highest BCUT2D eigenvalue weighted by Gasteiger charge is 2.17. The van der Waals surface area contributed by atoms with Gasteiger partial charge in [-0.3, -0.25) is 0 Å².